The summed E-state index contributed by atoms with van der Waals surface area (Å²) in [6, 6.07) is 15.8. The number of amides is 1. The zero-order chi connectivity index (χ0) is 18.3. The van der Waals surface area contributed by atoms with E-state index in [9.17, 15) is 4.79 Å². The second kappa shape index (κ2) is 6.82. The summed E-state index contributed by atoms with van der Waals surface area (Å²) in [6.07, 6.45) is 0. The summed E-state index contributed by atoms with van der Waals surface area (Å²) < 4.78 is 1.85. The zero-order valence-corrected chi connectivity index (χ0v) is 16.1. The fraction of sp³-hybridized carbons (Fsp3) is 0.200. The molecule has 4 nitrogen and oxygen atoms in total. The molecule has 2 aromatic carbocycles. The van der Waals surface area contributed by atoms with Crippen molar-refractivity contribution in [2.45, 2.75) is 19.1 Å². The lowest BCUT2D eigenvalue weighted by atomic mass is 10.0. The summed E-state index contributed by atoms with van der Waals surface area (Å²) in [6.45, 7) is 4.03. The maximum atomic E-state index is 12.4. The van der Waals surface area contributed by atoms with Gasteiger partial charge in [0.25, 0.3) is 0 Å². The van der Waals surface area contributed by atoms with Crippen LogP contribution in [0.25, 0.3) is 5.69 Å². The van der Waals surface area contributed by atoms with Crippen molar-refractivity contribution in [3.05, 3.63) is 75.9 Å². The van der Waals surface area contributed by atoms with Crippen LogP contribution in [0.5, 0.6) is 0 Å². The molecule has 2 heterocycles. The van der Waals surface area contributed by atoms with Crippen molar-refractivity contribution in [2.75, 3.05) is 11.1 Å². The number of carbonyl (C=O) groups excluding carboxylic acids is 1. The van der Waals surface area contributed by atoms with E-state index in [1.807, 2.05) is 67.1 Å². The van der Waals surface area contributed by atoms with Crippen LogP contribution in [0.4, 0.5) is 5.82 Å². The van der Waals surface area contributed by atoms with E-state index < -0.39 is 0 Å². The van der Waals surface area contributed by atoms with Gasteiger partial charge in [-0.05, 0) is 43.2 Å². The van der Waals surface area contributed by atoms with E-state index in [0.717, 1.165) is 33.9 Å². The van der Waals surface area contributed by atoms with E-state index >= 15 is 0 Å². The minimum Gasteiger partial charge on any atom is -0.310 e. The highest BCUT2D eigenvalue weighted by Crippen LogP contribution is 2.44. The lowest BCUT2D eigenvalue weighted by molar-refractivity contribution is -0.113. The molecule has 1 atom stereocenters. The molecule has 26 heavy (non-hydrogen) atoms. The first-order valence-corrected chi connectivity index (χ1v) is 9.79. The summed E-state index contributed by atoms with van der Waals surface area (Å²) in [4.78, 5) is 12.4. The molecule has 0 aliphatic carbocycles. The summed E-state index contributed by atoms with van der Waals surface area (Å²) in [5.41, 5.74) is 5.08. The second-order valence-corrected chi connectivity index (χ2v) is 7.87. The van der Waals surface area contributed by atoms with Crippen LogP contribution in [0.1, 0.15) is 27.6 Å². The number of carbonyl (C=O) groups is 1. The maximum Gasteiger partial charge on any atom is 0.235 e. The molecule has 0 fully saturated rings. The monoisotopic (exact) mass is 383 g/mol. The van der Waals surface area contributed by atoms with Gasteiger partial charge in [-0.3, -0.25) is 4.79 Å². The van der Waals surface area contributed by atoms with Crippen LogP contribution in [0, 0.1) is 13.8 Å². The van der Waals surface area contributed by atoms with Crippen molar-refractivity contribution in [2.24, 2.45) is 0 Å². The Morgan fingerprint density at radius 2 is 2.00 bits per heavy atom. The molecule has 1 aliphatic heterocycles. The van der Waals surface area contributed by atoms with Gasteiger partial charge in [0.15, 0.2) is 0 Å². The summed E-state index contributed by atoms with van der Waals surface area (Å²) in [5.74, 6) is 1.12. The summed E-state index contributed by atoms with van der Waals surface area (Å²) in [5, 5.41) is 8.51. The van der Waals surface area contributed by atoms with Crippen molar-refractivity contribution in [1.82, 2.24) is 9.78 Å². The number of benzene rings is 2. The van der Waals surface area contributed by atoms with Crippen LogP contribution >= 0.6 is 23.4 Å². The lowest BCUT2D eigenvalue weighted by Crippen LogP contribution is -2.16. The fourth-order valence-electron chi connectivity index (χ4n) is 3.29. The van der Waals surface area contributed by atoms with E-state index in [1.54, 1.807) is 11.8 Å². The number of nitrogens with one attached hydrogen (secondary N) is 1. The first-order valence-electron chi connectivity index (χ1n) is 8.37. The maximum absolute atomic E-state index is 12.4. The number of halogens is 1. The third-order valence-corrected chi connectivity index (χ3v) is 6.01. The minimum absolute atomic E-state index is 0.000387. The average molecular weight is 384 g/mol. The number of hydrogen-bond donors (Lipinski definition) is 1. The molecule has 132 valence electrons. The van der Waals surface area contributed by atoms with Crippen LogP contribution in [0.2, 0.25) is 5.02 Å². The molecule has 0 spiro atoms. The molecular weight excluding hydrogens is 366 g/mol. The predicted molar refractivity (Wildman–Crippen MR) is 107 cm³/mol. The highest BCUT2D eigenvalue weighted by atomic mass is 35.5. The van der Waals surface area contributed by atoms with Crippen molar-refractivity contribution >= 4 is 35.1 Å². The van der Waals surface area contributed by atoms with Crippen LogP contribution < -0.4 is 5.32 Å². The highest BCUT2D eigenvalue weighted by Gasteiger charge is 2.30. The molecule has 0 saturated carbocycles. The standard InChI is InChI=1S/C20H18ClN3OS/c1-12-6-3-4-9-16(12)24-20-18(13(2)23-24)19(26-11-17(25)22-20)14-7-5-8-15(21)10-14/h3-10,19H,11H2,1-2H3,(H,22,25). The first kappa shape index (κ1) is 17.2. The van der Waals surface area contributed by atoms with Gasteiger partial charge in [0.05, 0.1) is 22.4 Å². The van der Waals surface area contributed by atoms with Crippen molar-refractivity contribution < 1.29 is 4.79 Å². The Balaban J connectivity index is 1.92. The molecule has 4 rings (SSSR count). The van der Waals surface area contributed by atoms with Crippen LogP contribution in [0.3, 0.4) is 0 Å². The lowest BCUT2D eigenvalue weighted by Gasteiger charge is -2.16. The van der Waals surface area contributed by atoms with Gasteiger partial charge in [0, 0.05) is 10.6 Å². The predicted octanol–water partition coefficient (Wildman–Crippen LogP) is 4.92. The number of hydrogen-bond acceptors (Lipinski definition) is 3. The molecule has 6 heteroatoms. The Bertz CT molecular complexity index is 998. The fourth-order valence-corrected chi connectivity index (χ4v) is 4.67. The largest absolute Gasteiger partial charge is 0.310 e. The quantitative estimate of drug-likeness (QED) is 0.683. The Morgan fingerprint density at radius 3 is 2.77 bits per heavy atom. The number of para-hydroxylation sites is 1. The van der Waals surface area contributed by atoms with E-state index in [-0.39, 0.29) is 11.2 Å². The van der Waals surface area contributed by atoms with Gasteiger partial charge in [-0.1, -0.05) is 41.9 Å². The topological polar surface area (TPSA) is 46.9 Å². The van der Waals surface area contributed by atoms with Crippen molar-refractivity contribution in [3.8, 4) is 5.69 Å². The first-order chi connectivity index (χ1) is 12.5. The molecule has 0 saturated heterocycles. The molecule has 1 amide bonds. The molecular formula is C20H18ClN3OS. The molecule has 0 bridgehead atoms. The average Bonchev–Trinajstić information content (AvgIpc) is 2.82. The Kier molecular flexibility index (Phi) is 4.51. The number of aromatic nitrogens is 2. The van der Waals surface area contributed by atoms with Crippen LogP contribution in [-0.4, -0.2) is 21.4 Å². The van der Waals surface area contributed by atoms with Crippen LogP contribution in [-0.2, 0) is 4.79 Å². The van der Waals surface area contributed by atoms with Gasteiger partial charge in [-0.25, -0.2) is 4.68 Å². The second-order valence-electron chi connectivity index (χ2n) is 6.34. The number of thioether (sulfide) groups is 1. The summed E-state index contributed by atoms with van der Waals surface area (Å²) in [7, 11) is 0. The van der Waals surface area contributed by atoms with E-state index in [0.29, 0.717) is 10.8 Å². The summed E-state index contributed by atoms with van der Waals surface area (Å²) >= 11 is 7.81. The molecule has 1 aliphatic rings. The smallest absolute Gasteiger partial charge is 0.235 e. The zero-order valence-electron chi connectivity index (χ0n) is 14.5. The highest BCUT2D eigenvalue weighted by molar-refractivity contribution is 8.00. The number of anilines is 1. The molecule has 1 N–H and O–H groups in total. The van der Waals surface area contributed by atoms with Crippen molar-refractivity contribution in [1.29, 1.82) is 0 Å². The van der Waals surface area contributed by atoms with Gasteiger partial charge < -0.3 is 5.32 Å². The van der Waals surface area contributed by atoms with E-state index in [1.165, 1.54) is 0 Å². The molecule has 3 aromatic rings. The van der Waals surface area contributed by atoms with Crippen molar-refractivity contribution in [3.63, 3.8) is 0 Å². The normalized spacial score (nSPS) is 16.7. The number of rotatable bonds is 2. The number of nitrogens with zero attached hydrogens (tertiary/aromatic N) is 2. The van der Waals surface area contributed by atoms with Gasteiger partial charge >= 0.3 is 0 Å². The van der Waals surface area contributed by atoms with Crippen LogP contribution in [0.15, 0.2) is 48.5 Å². The number of fused-ring (bicyclic) bond motifs is 1. The third-order valence-electron chi connectivity index (χ3n) is 4.50. The van der Waals surface area contributed by atoms with E-state index in [2.05, 4.69) is 5.32 Å². The minimum atomic E-state index is -0.0180. The Hall–Kier alpha value is -2.24. The molecule has 1 unspecified atom stereocenters. The van der Waals surface area contributed by atoms with Gasteiger partial charge in [0.1, 0.15) is 5.82 Å². The Labute approximate surface area is 161 Å². The molecule has 1 aromatic heterocycles. The Morgan fingerprint density at radius 1 is 1.19 bits per heavy atom. The van der Waals surface area contributed by atoms with Gasteiger partial charge in [-0.2, -0.15) is 5.10 Å². The van der Waals surface area contributed by atoms with E-state index in [4.69, 9.17) is 16.7 Å². The number of aryl methyl sites for hydroxylation is 2. The molecule has 0 radical (unpaired) electrons. The third kappa shape index (κ3) is 3.02. The van der Waals surface area contributed by atoms with Gasteiger partial charge in [-0.15, -0.1) is 11.8 Å². The SMILES string of the molecule is Cc1ccccc1-n1nc(C)c2c1NC(=O)CSC2c1cccc(Cl)c1. The van der Waals surface area contributed by atoms with Gasteiger partial charge in [0.2, 0.25) is 5.91 Å².